The topological polar surface area (TPSA) is 57.6 Å². The molecule has 1 N–H and O–H groups in total. The Morgan fingerprint density at radius 3 is 2.89 bits per heavy atom. The van der Waals surface area contributed by atoms with Crippen molar-refractivity contribution >= 4 is 26.4 Å². The maximum absolute atomic E-state index is 11.8. The first-order valence-corrected chi connectivity index (χ1v) is 6.66. The number of aromatic hydroxyl groups is 1. The van der Waals surface area contributed by atoms with Gasteiger partial charge in [-0.1, -0.05) is 12.1 Å². The number of Topliss-reactive ketones (excluding diaryl/α,β-unsaturated/α-hetero) is 1. The van der Waals surface area contributed by atoms with Gasteiger partial charge in [-0.05, 0) is 19.4 Å². The van der Waals surface area contributed by atoms with E-state index in [1.807, 2.05) is 11.0 Å². The zero-order valence-corrected chi connectivity index (χ0v) is 11.7. The van der Waals surface area contributed by atoms with Crippen LogP contribution in [0.3, 0.4) is 0 Å². The fourth-order valence-electron chi connectivity index (χ4n) is 2.44. The van der Waals surface area contributed by atoms with Gasteiger partial charge >= 0.3 is 0 Å². The number of carbonyl (C=O) groups is 2. The van der Waals surface area contributed by atoms with Gasteiger partial charge in [0.25, 0.3) is 0 Å². The molecular weight excluding hydrogens is 261 g/mol. The van der Waals surface area contributed by atoms with Gasteiger partial charge in [0, 0.05) is 29.5 Å². The Morgan fingerprint density at radius 2 is 2.32 bits per heavy atom. The summed E-state index contributed by atoms with van der Waals surface area (Å²) < 4.78 is 0. The van der Waals surface area contributed by atoms with Crippen molar-refractivity contribution in [2.75, 3.05) is 0 Å². The van der Waals surface area contributed by atoms with E-state index >= 15 is 0 Å². The van der Waals surface area contributed by atoms with Crippen LogP contribution in [0.4, 0.5) is 0 Å². The molecular formula is C14H16NO3P. The van der Waals surface area contributed by atoms with Crippen molar-refractivity contribution < 1.29 is 14.7 Å². The molecule has 0 radical (unpaired) electrons. The molecule has 1 aliphatic heterocycles. The molecule has 0 saturated carbocycles. The van der Waals surface area contributed by atoms with E-state index in [1.54, 1.807) is 12.1 Å². The molecule has 1 heterocycles. The van der Waals surface area contributed by atoms with Gasteiger partial charge in [0.15, 0.2) is 0 Å². The van der Waals surface area contributed by atoms with Crippen molar-refractivity contribution in [1.29, 1.82) is 0 Å². The van der Waals surface area contributed by atoms with Gasteiger partial charge in [-0.25, -0.2) is 0 Å². The number of hydrogen-bond donors (Lipinski definition) is 1. The van der Waals surface area contributed by atoms with Gasteiger partial charge in [0.2, 0.25) is 0 Å². The van der Waals surface area contributed by atoms with Crippen LogP contribution in [0.5, 0.6) is 5.75 Å². The van der Waals surface area contributed by atoms with E-state index in [2.05, 4.69) is 8.86 Å². The Labute approximate surface area is 114 Å². The number of benzene rings is 1. The fraction of sp³-hybridized carbons (Fsp3) is 0.357. The number of phenols is 1. The van der Waals surface area contributed by atoms with Crippen LogP contribution in [-0.4, -0.2) is 33.5 Å². The zero-order valence-electron chi connectivity index (χ0n) is 10.7. The fourth-order valence-corrected chi connectivity index (χ4v) is 2.91. The van der Waals surface area contributed by atoms with Gasteiger partial charge in [0.05, 0.1) is 6.04 Å². The molecule has 0 spiro atoms. The minimum Gasteiger partial charge on any atom is -0.508 e. The lowest BCUT2D eigenvalue weighted by Crippen LogP contribution is -2.39. The van der Waals surface area contributed by atoms with E-state index in [-0.39, 0.29) is 17.6 Å². The number of hydrogen-bond acceptors (Lipinski definition) is 3. The Balaban J connectivity index is 2.28. The lowest BCUT2D eigenvalue weighted by atomic mass is 10.1. The first kappa shape index (κ1) is 13.9. The van der Waals surface area contributed by atoms with E-state index in [0.29, 0.717) is 19.4 Å². The Bertz CT molecular complexity index is 541. The maximum atomic E-state index is 11.8. The normalized spacial score (nSPS) is 16.2. The predicted molar refractivity (Wildman–Crippen MR) is 75.8 cm³/mol. The second-order valence-electron chi connectivity index (χ2n) is 4.65. The van der Waals surface area contributed by atoms with Crippen molar-refractivity contribution in [1.82, 2.24) is 4.90 Å². The van der Waals surface area contributed by atoms with Crippen LogP contribution < -0.4 is 0 Å². The molecule has 100 valence electrons. The number of ketones is 1. The highest BCUT2D eigenvalue weighted by Crippen LogP contribution is 2.33. The van der Waals surface area contributed by atoms with Gasteiger partial charge < -0.3 is 9.90 Å². The van der Waals surface area contributed by atoms with Crippen LogP contribution in [0, 0.1) is 0 Å². The number of aldehydes is 1. The summed E-state index contributed by atoms with van der Waals surface area (Å²) in [7, 11) is 3.55. The molecule has 0 fully saturated rings. The average Bonchev–Trinajstić information content (AvgIpc) is 2.69. The minimum absolute atomic E-state index is 0.0184. The summed E-state index contributed by atoms with van der Waals surface area (Å²) in [4.78, 5) is 24.2. The van der Waals surface area contributed by atoms with Crippen LogP contribution in [-0.2, 0) is 16.1 Å². The van der Waals surface area contributed by atoms with Gasteiger partial charge in [-0.2, -0.15) is 0 Å². The molecule has 0 amide bonds. The molecule has 0 bridgehead atoms. The molecule has 1 aromatic carbocycles. The Kier molecular flexibility index (Phi) is 4.13. The standard InChI is InChI=1S/C14H16NO3P/c1-9(17)12(5-3-7-16)15-8-11-10(14(15)19)4-2-6-13(11)18/h2,4,6-7,12,18-19H,3,5,8H2,1H3. The van der Waals surface area contributed by atoms with Crippen LogP contribution in [0.2, 0.25) is 0 Å². The minimum atomic E-state index is -0.343. The Hall–Kier alpha value is -1.51. The maximum Gasteiger partial charge on any atom is 0.147 e. The molecule has 1 aliphatic rings. The third-order valence-corrected chi connectivity index (χ3v) is 3.98. The predicted octanol–water partition coefficient (Wildman–Crippen LogP) is 1.77. The molecule has 0 saturated heterocycles. The first-order valence-electron chi connectivity index (χ1n) is 6.16. The Morgan fingerprint density at radius 1 is 1.58 bits per heavy atom. The van der Waals surface area contributed by atoms with E-state index < -0.39 is 0 Å². The highest BCUT2D eigenvalue weighted by atomic mass is 31.0. The molecule has 1 aromatic rings. The summed E-state index contributed by atoms with van der Waals surface area (Å²) in [6, 6.07) is 4.96. The molecule has 2 rings (SSSR count). The van der Waals surface area contributed by atoms with Crippen molar-refractivity contribution in [2.45, 2.75) is 32.4 Å². The molecule has 19 heavy (non-hydrogen) atoms. The first-order chi connectivity index (χ1) is 9.06. The van der Waals surface area contributed by atoms with E-state index in [4.69, 9.17) is 0 Å². The van der Waals surface area contributed by atoms with E-state index in [9.17, 15) is 14.7 Å². The molecule has 1 unspecified atom stereocenters. The largest absolute Gasteiger partial charge is 0.508 e. The SMILES string of the molecule is CC(=O)C(CCC=O)N1Cc2c(O)cccc2C1=P. The third-order valence-electron chi connectivity index (χ3n) is 3.43. The summed E-state index contributed by atoms with van der Waals surface area (Å²) in [6.07, 6.45) is 1.66. The monoisotopic (exact) mass is 277 g/mol. The summed E-state index contributed by atoms with van der Waals surface area (Å²) in [5.41, 5.74) is 2.50. The van der Waals surface area contributed by atoms with Crippen molar-refractivity contribution in [2.24, 2.45) is 0 Å². The lowest BCUT2D eigenvalue weighted by Gasteiger charge is -2.25. The third kappa shape index (κ3) is 2.60. The summed E-state index contributed by atoms with van der Waals surface area (Å²) in [5, 5.41) is 9.86. The molecule has 4 nitrogen and oxygen atoms in total. The highest BCUT2D eigenvalue weighted by molar-refractivity contribution is 7.22. The van der Waals surface area contributed by atoms with Crippen LogP contribution in [0.1, 0.15) is 30.9 Å². The summed E-state index contributed by atoms with van der Waals surface area (Å²) >= 11 is 0. The van der Waals surface area contributed by atoms with Crippen molar-refractivity contribution in [3.63, 3.8) is 0 Å². The van der Waals surface area contributed by atoms with Gasteiger partial charge in [-0.3, -0.25) is 9.69 Å². The summed E-state index contributed by atoms with van der Waals surface area (Å²) in [5.74, 6) is 0.248. The van der Waals surface area contributed by atoms with Gasteiger partial charge in [-0.15, -0.1) is 8.86 Å². The van der Waals surface area contributed by atoms with Gasteiger partial charge in [0.1, 0.15) is 17.8 Å². The number of carbonyl (C=O) groups excluding carboxylic acids is 2. The molecule has 0 aliphatic carbocycles. The highest BCUT2D eigenvalue weighted by Gasteiger charge is 2.33. The van der Waals surface area contributed by atoms with Crippen molar-refractivity contribution in [3.05, 3.63) is 29.3 Å². The van der Waals surface area contributed by atoms with Crippen LogP contribution in [0.15, 0.2) is 18.2 Å². The second-order valence-corrected chi connectivity index (χ2v) is 5.12. The van der Waals surface area contributed by atoms with Crippen LogP contribution in [0.25, 0.3) is 0 Å². The lowest BCUT2D eigenvalue weighted by molar-refractivity contribution is -0.121. The quantitative estimate of drug-likeness (QED) is 0.658. The summed E-state index contributed by atoms with van der Waals surface area (Å²) in [6.45, 7) is 2.00. The average molecular weight is 277 g/mol. The van der Waals surface area contributed by atoms with E-state index in [1.165, 1.54) is 6.92 Å². The number of nitrogens with zero attached hydrogens (tertiary/aromatic N) is 1. The molecule has 1 atom stereocenters. The smallest absolute Gasteiger partial charge is 0.147 e. The van der Waals surface area contributed by atoms with Crippen LogP contribution >= 0.6 is 8.86 Å². The number of rotatable bonds is 5. The number of fused-ring (bicyclic) bond motifs is 1. The number of phenolic OH excluding ortho intramolecular Hbond substituents is 1. The van der Waals surface area contributed by atoms with Crippen molar-refractivity contribution in [3.8, 4) is 5.75 Å². The zero-order chi connectivity index (χ0) is 14.0. The second kappa shape index (κ2) is 5.64. The molecule has 0 aromatic heterocycles. The molecule has 5 heteroatoms. The van der Waals surface area contributed by atoms with E-state index in [0.717, 1.165) is 22.8 Å².